The van der Waals surface area contributed by atoms with E-state index in [1.54, 1.807) is 25.1 Å². The number of nitriles is 1. The highest BCUT2D eigenvalue weighted by molar-refractivity contribution is 5.96. The molecule has 0 radical (unpaired) electrons. The van der Waals surface area contributed by atoms with Gasteiger partial charge in [-0.2, -0.15) is 5.26 Å². The Labute approximate surface area is 125 Å². The Morgan fingerprint density at radius 2 is 2.27 bits per heavy atom. The molecule has 3 aromatic rings. The molecular weight excluding hydrogens is 284 g/mol. The van der Waals surface area contributed by atoms with Crippen LogP contribution in [0.4, 0.5) is 5.69 Å². The van der Waals surface area contributed by atoms with Crippen LogP contribution >= 0.6 is 0 Å². The number of rotatable bonds is 2. The lowest BCUT2D eigenvalue weighted by Crippen LogP contribution is -2.11. The summed E-state index contributed by atoms with van der Waals surface area (Å²) in [5, 5.41) is 9.11. The van der Waals surface area contributed by atoms with Crippen molar-refractivity contribution in [2.75, 3.05) is 12.8 Å². The van der Waals surface area contributed by atoms with Crippen LogP contribution in [0.15, 0.2) is 28.8 Å². The maximum absolute atomic E-state index is 12.0. The second kappa shape index (κ2) is 4.93. The molecule has 0 saturated heterocycles. The predicted octanol–water partition coefficient (Wildman–Crippen LogP) is 2.17. The number of esters is 1. The number of hydrogen-bond donors (Lipinski definition) is 1. The molecule has 0 aliphatic rings. The zero-order chi connectivity index (χ0) is 15.9. The Morgan fingerprint density at radius 3 is 2.95 bits per heavy atom. The van der Waals surface area contributed by atoms with Crippen molar-refractivity contribution in [1.82, 2.24) is 9.55 Å². The van der Waals surface area contributed by atoms with E-state index in [1.807, 2.05) is 6.07 Å². The number of aryl methyl sites for hydroxylation is 1. The van der Waals surface area contributed by atoms with Gasteiger partial charge in [0.1, 0.15) is 11.6 Å². The van der Waals surface area contributed by atoms with Crippen molar-refractivity contribution in [1.29, 1.82) is 5.26 Å². The number of hydrogen-bond acceptors (Lipinski definition) is 6. The number of benzene rings is 1. The minimum Gasteiger partial charge on any atom is -0.464 e. The molecule has 0 aliphatic heterocycles. The molecule has 0 spiro atoms. The van der Waals surface area contributed by atoms with E-state index in [4.69, 9.17) is 20.1 Å². The van der Waals surface area contributed by atoms with Gasteiger partial charge >= 0.3 is 5.97 Å². The number of oxazole rings is 1. The van der Waals surface area contributed by atoms with Crippen molar-refractivity contribution in [3.63, 3.8) is 0 Å². The molecule has 0 aliphatic carbocycles. The lowest BCUT2D eigenvalue weighted by molar-refractivity contribution is 0.0593. The number of carbonyl (C=O) groups is 1. The van der Waals surface area contributed by atoms with Gasteiger partial charge in [0.15, 0.2) is 17.2 Å². The molecule has 2 N–H and O–H groups in total. The fraction of sp³-hybridized carbons (Fsp3) is 0.133. The Kier molecular flexibility index (Phi) is 3.07. The van der Waals surface area contributed by atoms with E-state index in [2.05, 4.69) is 4.98 Å². The van der Waals surface area contributed by atoms with Crippen molar-refractivity contribution in [3.8, 4) is 11.8 Å². The van der Waals surface area contributed by atoms with Crippen LogP contribution in [0.2, 0.25) is 0 Å². The fourth-order valence-electron chi connectivity index (χ4n) is 2.30. The summed E-state index contributed by atoms with van der Waals surface area (Å²) in [5.74, 6) is -0.0690. The smallest absolute Gasteiger partial charge is 0.357 e. The number of ether oxygens (including phenoxy) is 1. The predicted molar refractivity (Wildman–Crippen MR) is 78.5 cm³/mol. The van der Waals surface area contributed by atoms with E-state index >= 15 is 0 Å². The van der Waals surface area contributed by atoms with Gasteiger partial charge in [-0.15, -0.1) is 0 Å². The van der Waals surface area contributed by atoms with Crippen LogP contribution < -0.4 is 5.73 Å². The number of aromatic nitrogens is 2. The molecule has 0 atom stereocenters. The number of nitrogen functional groups attached to an aromatic ring is 1. The van der Waals surface area contributed by atoms with Gasteiger partial charge in [0.05, 0.1) is 18.4 Å². The fourth-order valence-corrected chi connectivity index (χ4v) is 2.30. The van der Waals surface area contributed by atoms with Crippen LogP contribution in [0.3, 0.4) is 0 Å². The molecule has 3 rings (SSSR count). The third-order valence-corrected chi connectivity index (χ3v) is 3.30. The van der Waals surface area contributed by atoms with Gasteiger partial charge in [-0.1, -0.05) is 0 Å². The van der Waals surface area contributed by atoms with E-state index in [0.29, 0.717) is 22.7 Å². The summed E-state index contributed by atoms with van der Waals surface area (Å²) in [4.78, 5) is 16.2. The number of methoxy groups -OCH3 is 1. The van der Waals surface area contributed by atoms with Crippen molar-refractivity contribution in [2.24, 2.45) is 0 Å². The quantitative estimate of drug-likeness (QED) is 0.726. The van der Waals surface area contributed by atoms with Crippen LogP contribution in [0.5, 0.6) is 0 Å². The molecular formula is C15H12N4O3. The largest absolute Gasteiger partial charge is 0.464 e. The molecule has 2 heterocycles. The summed E-state index contributed by atoms with van der Waals surface area (Å²) in [5.41, 5.74) is 8.19. The van der Waals surface area contributed by atoms with Gasteiger partial charge < -0.3 is 19.5 Å². The summed E-state index contributed by atoms with van der Waals surface area (Å²) in [6.45, 7) is 1.75. The van der Waals surface area contributed by atoms with Crippen molar-refractivity contribution in [3.05, 3.63) is 41.5 Å². The third kappa shape index (κ3) is 1.98. The number of anilines is 1. The summed E-state index contributed by atoms with van der Waals surface area (Å²) in [6, 6.07) is 7.20. The van der Waals surface area contributed by atoms with E-state index in [1.165, 1.54) is 17.9 Å². The topological polar surface area (TPSA) is 107 Å². The van der Waals surface area contributed by atoms with E-state index in [-0.39, 0.29) is 16.9 Å². The van der Waals surface area contributed by atoms with Gasteiger partial charge in [-0.25, -0.2) is 9.78 Å². The maximum Gasteiger partial charge on any atom is 0.357 e. The van der Waals surface area contributed by atoms with Crippen molar-refractivity contribution >= 4 is 22.8 Å². The zero-order valence-electron chi connectivity index (χ0n) is 12.0. The Hall–Kier alpha value is -3.27. The maximum atomic E-state index is 12.0. The average molecular weight is 296 g/mol. The molecule has 0 amide bonds. The molecule has 22 heavy (non-hydrogen) atoms. The highest BCUT2D eigenvalue weighted by Gasteiger charge is 2.22. The Morgan fingerprint density at radius 1 is 1.50 bits per heavy atom. The SMILES string of the molecule is COC(=O)c1c(N)c(C#N)cn1-c1ccc2oc(C)nc2c1. The second-order valence-corrected chi connectivity index (χ2v) is 4.66. The highest BCUT2D eigenvalue weighted by Crippen LogP contribution is 2.26. The second-order valence-electron chi connectivity index (χ2n) is 4.66. The average Bonchev–Trinajstić information content (AvgIpc) is 3.04. The number of fused-ring (bicyclic) bond motifs is 1. The molecule has 7 nitrogen and oxygen atoms in total. The standard InChI is InChI=1S/C15H12N4O3/c1-8-18-11-5-10(3-4-12(11)22-8)19-7-9(6-16)13(17)14(19)15(20)21-2/h3-5,7H,17H2,1-2H3. The Balaban J connectivity index is 2.25. The van der Waals surface area contributed by atoms with Crippen LogP contribution in [0.1, 0.15) is 21.9 Å². The van der Waals surface area contributed by atoms with Gasteiger partial charge in [0.2, 0.25) is 0 Å². The first kappa shape index (κ1) is 13.7. The number of nitrogens with zero attached hydrogens (tertiary/aromatic N) is 3. The summed E-state index contributed by atoms with van der Waals surface area (Å²) in [7, 11) is 1.26. The molecule has 0 unspecified atom stereocenters. The zero-order valence-corrected chi connectivity index (χ0v) is 12.0. The van der Waals surface area contributed by atoms with E-state index in [0.717, 1.165) is 0 Å². The summed E-state index contributed by atoms with van der Waals surface area (Å²) >= 11 is 0. The molecule has 0 bridgehead atoms. The highest BCUT2D eigenvalue weighted by atomic mass is 16.5. The normalized spacial score (nSPS) is 10.6. The van der Waals surface area contributed by atoms with Gasteiger partial charge in [-0.05, 0) is 18.2 Å². The Bertz CT molecular complexity index is 930. The van der Waals surface area contributed by atoms with Gasteiger partial charge in [-0.3, -0.25) is 0 Å². The minimum absolute atomic E-state index is 0.0887. The molecule has 7 heteroatoms. The van der Waals surface area contributed by atoms with E-state index < -0.39 is 5.97 Å². The first-order valence-corrected chi connectivity index (χ1v) is 6.42. The van der Waals surface area contributed by atoms with Crippen LogP contribution in [0.25, 0.3) is 16.8 Å². The molecule has 0 saturated carbocycles. The molecule has 1 aromatic carbocycles. The van der Waals surface area contributed by atoms with Crippen molar-refractivity contribution in [2.45, 2.75) is 6.92 Å². The molecule has 110 valence electrons. The van der Waals surface area contributed by atoms with Gasteiger partial charge in [0.25, 0.3) is 0 Å². The summed E-state index contributed by atoms with van der Waals surface area (Å²) in [6.07, 6.45) is 1.50. The van der Waals surface area contributed by atoms with Gasteiger partial charge in [0, 0.05) is 18.8 Å². The van der Waals surface area contributed by atoms with Crippen molar-refractivity contribution < 1.29 is 13.9 Å². The minimum atomic E-state index is -0.615. The first-order chi connectivity index (χ1) is 10.5. The lowest BCUT2D eigenvalue weighted by atomic mass is 10.2. The van der Waals surface area contributed by atoms with Crippen LogP contribution in [-0.4, -0.2) is 22.6 Å². The monoisotopic (exact) mass is 296 g/mol. The first-order valence-electron chi connectivity index (χ1n) is 6.42. The third-order valence-electron chi connectivity index (χ3n) is 3.30. The number of carbonyl (C=O) groups excluding carboxylic acids is 1. The number of nitrogens with two attached hydrogens (primary N) is 1. The molecule has 2 aromatic heterocycles. The van der Waals surface area contributed by atoms with Crippen LogP contribution in [0, 0.1) is 18.3 Å². The van der Waals surface area contributed by atoms with Crippen LogP contribution in [-0.2, 0) is 4.74 Å². The van der Waals surface area contributed by atoms with E-state index in [9.17, 15) is 4.79 Å². The molecule has 0 fully saturated rings. The summed E-state index contributed by atoms with van der Waals surface area (Å²) < 4.78 is 11.7. The lowest BCUT2D eigenvalue weighted by Gasteiger charge is -2.08.